The van der Waals surface area contributed by atoms with Crippen LogP contribution in [0.4, 0.5) is 0 Å². The van der Waals surface area contributed by atoms with Crippen molar-refractivity contribution in [1.29, 1.82) is 5.26 Å². The molecule has 0 N–H and O–H groups in total. The van der Waals surface area contributed by atoms with Gasteiger partial charge in [0.2, 0.25) is 0 Å². The lowest BCUT2D eigenvalue weighted by Crippen LogP contribution is -2.47. The Hall–Kier alpha value is -1.54. The van der Waals surface area contributed by atoms with E-state index in [2.05, 4.69) is 29.7 Å². The first-order valence-electron chi connectivity index (χ1n) is 7.46. The van der Waals surface area contributed by atoms with Crippen LogP contribution < -0.4 is 0 Å². The van der Waals surface area contributed by atoms with E-state index >= 15 is 0 Å². The van der Waals surface area contributed by atoms with Gasteiger partial charge in [-0.25, -0.2) is 0 Å². The van der Waals surface area contributed by atoms with Gasteiger partial charge in [-0.3, -0.25) is 4.79 Å². The van der Waals surface area contributed by atoms with E-state index in [0.717, 1.165) is 39.0 Å². The van der Waals surface area contributed by atoms with Crippen molar-refractivity contribution in [1.82, 2.24) is 14.7 Å². The molecule has 1 aliphatic heterocycles. The third kappa shape index (κ3) is 4.86. The lowest BCUT2D eigenvalue weighted by molar-refractivity contribution is -0.128. The minimum absolute atomic E-state index is 0.127. The van der Waals surface area contributed by atoms with Crippen molar-refractivity contribution in [3.05, 3.63) is 11.8 Å². The first-order chi connectivity index (χ1) is 9.62. The fourth-order valence-electron chi connectivity index (χ4n) is 2.31. The van der Waals surface area contributed by atoms with Crippen LogP contribution in [0, 0.1) is 11.3 Å². The molecule has 1 heterocycles. The summed E-state index contributed by atoms with van der Waals surface area (Å²) in [6.45, 7) is 9.13. The Bertz CT molecular complexity index is 372. The maximum absolute atomic E-state index is 12.4. The number of piperazine rings is 1. The summed E-state index contributed by atoms with van der Waals surface area (Å²) >= 11 is 0. The number of hydrogen-bond donors (Lipinski definition) is 0. The molecule has 0 radical (unpaired) electrons. The molecule has 0 aromatic rings. The molecule has 0 aromatic carbocycles. The molecule has 0 bridgehead atoms. The molecule has 0 aromatic heterocycles. The summed E-state index contributed by atoms with van der Waals surface area (Å²) in [4.78, 5) is 18.4. The van der Waals surface area contributed by atoms with E-state index in [-0.39, 0.29) is 11.5 Å². The largest absolute Gasteiger partial charge is 0.376 e. The van der Waals surface area contributed by atoms with E-state index in [1.807, 2.05) is 7.05 Å². The number of nitriles is 1. The molecule has 0 atom stereocenters. The Morgan fingerprint density at radius 3 is 2.20 bits per heavy atom. The molecule has 0 unspecified atom stereocenters. The number of carbonyl (C=O) groups is 1. The van der Waals surface area contributed by atoms with Gasteiger partial charge in [0.05, 0.1) is 0 Å². The number of likely N-dealkylation sites (N-methyl/N-ethyl adjacent to an activating group) is 1. The summed E-state index contributed by atoms with van der Waals surface area (Å²) < 4.78 is 0. The van der Waals surface area contributed by atoms with Crippen LogP contribution in [0.25, 0.3) is 0 Å². The van der Waals surface area contributed by atoms with E-state index < -0.39 is 0 Å². The summed E-state index contributed by atoms with van der Waals surface area (Å²) in [5.41, 5.74) is 0.261. The van der Waals surface area contributed by atoms with Gasteiger partial charge >= 0.3 is 0 Å². The molecule has 1 aliphatic rings. The Morgan fingerprint density at radius 1 is 1.20 bits per heavy atom. The summed E-state index contributed by atoms with van der Waals surface area (Å²) in [7, 11) is 2.05. The van der Waals surface area contributed by atoms with Crippen LogP contribution in [0.2, 0.25) is 0 Å². The number of hydrogen-bond acceptors (Lipinski definition) is 4. The Labute approximate surface area is 122 Å². The zero-order valence-electron chi connectivity index (χ0n) is 12.9. The highest BCUT2D eigenvalue weighted by molar-refractivity contribution is 5.97. The summed E-state index contributed by atoms with van der Waals surface area (Å²) in [6.07, 6.45) is 3.77. The van der Waals surface area contributed by atoms with E-state index in [0.29, 0.717) is 13.1 Å². The average Bonchev–Trinajstić information content (AvgIpc) is 2.45. The summed E-state index contributed by atoms with van der Waals surface area (Å²) in [6, 6.07) is 2.07. The van der Waals surface area contributed by atoms with Crippen molar-refractivity contribution in [2.75, 3.05) is 46.3 Å². The second kappa shape index (κ2) is 8.60. The molecule has 0 saturated carbocycles. The van der Waals surface area contributed by atoms with Crippen molar-refractivity contribution in [3.8, 4) is 6.07 Å². The SMILES string of the molecule is CCCN(/C=C(/C#N)C(=O)N1CCN(C)CC1)CCC. The molecule has 1 saturated heterocycles. The Balaban J connectivity index is 2.72. The minimum atomic E-state index is -0.127. The smallest absolute Gasteiger partial charge is 0.266 e. The molecule has 0 spiro atoms. The lowest BCUT2D eigenvalue weighted by Gasteiger charge is -2.32. The molecule has 112 valence electrons. The third-order valence-corrected chi connectivity index (χ3v) is 3.47. The van der Waals surface area contributed by atoms with E-state index in [1.165, 1.54) is 0 Å². The topological polar surface area (TPSA) is 50.6 Å². The molecule has 5 nitrogen and oxygen atoms in total. The van der Waals surface area contributed by atoms with E-state index in [4.69, 9.17) is 0 Å². The van der Waals surface area contributed by atoms with Gasteiger partial charge in [-0.2, -0.15) is 5.26 Å². The van der Waals surface area contributed by atoms with Crippen LogP contribution in [0.1, 0.15) is 26.7 Å². The predicted octanol–water partition coefficient (Wildman–Crippen LogP) is 1.29. The molecule has 1 amide bonds. The summed E-state index contributed by atoms with van der Waals surface area (Å²) in [5.74, 6) is -0.127. The summed E-state index contributed by atoms with van der Waals surface area (Å²) in [5, 5.41) is 9.26. The molecular formula is C15H26N4O. The van der Waals surface area contributed by atoms with Gasteiger partial charge in [0, 0.05) is 45.5 Å². The van der Waals surface area contributed by atoms with Crippen LogP contribution in [0.5, 0.6) is 0 Å². The fraction of sp³-hybridized carbons (Fsp3) is 0.733. The average molecular weight is 278 g/mol. The minimum Gasteiger partial charge on any atom is -0.376 e. The van der Waals surface area contributed by atoms with Crippen molar-refractivity contribution >= 4 is 5.91 Å². The second-order valence-electron chi connectivity index (χ2n) is 5.29. The number of nitrogens with zero attached hydrogens (tertiary/aromatic N) is 4. The quantitative estimate of drug-likeness (QED) is 0.543. The fourth-order valence-corrected chi connectivity index (χ4v) is 2.31. The normalized spacial score (nSPS) is 16.9. The number of carbonyl (C=O) groups excluding carboxylic acids is 1. The maximum atomic E-state index is 12.4. The van der Waals surface area contributed by atoms with Crippen molar-refractivity contribution in [3.63, 3.8) is 0 Å². The monoisotopic (exact) mass is 278 g/mol. The van der Waals surface area contributed by atoms with Gasteiger partial charge in [-0.15, -0.1) is 0 Å². The molecule has 20 heavy (non-hydrogen) atoms. The van der Waals surface area contributed by atoms with Gasteiger partial charge < -0.3 is 14.7 Å². The highest BCUT2D eigenvalue weighted by Gasteiger charge is 2.22. The van der Waals surface area contributed by atoms with Gasteiger partial charge in [-0.1, -0.05) is 13.8 Å². The molecule has 5 heteroatoms. The Morgan fingerprint density at radius 2 is 1.75 bits per heavy atom. The number of amides is 1. The Kier molecular flexibility index (Phi) is 7.10. The van der Waals surface area contributed by atoms with Crippen LogP contribution in [-0.4, -0.2) is 66.9 Å². The number of rotatable bonds is 6. The lowest BCUT2D eigenvalue weighted by atomic mass is 10.2. The first-order valence-corrected chi connectivity index (χ1v) is 7.46. The maximum Gasteiger partial charge on any atom is 0.266 e. The van der Waals surface area contributed by atoms with Crippen molar-refractivity contribution < 1.29 is 4.79 Å². The van der Waals surface area contributed by atoms with Crippen LogP contribution >= 0.6 is 0 Å². The van der Waals surface area contributed by atoms with Gasteiger partial charge in [0.25, 0.3) is 5.91 Å². The third-order valence-electron chi connectivity index (χ3n) is 3.47. The highest BCUT2D eigenvalue weighted by Crippen LogP contribution is 2.08. The van der Waals surface area contributed by atoms with Crippen LogP contribution in [-0.2, 0) is 4.79 Å². The van der Waals surface area contributed by atoms with E-state index in [1.54, 1.807) is 11.1 Å². The van der Waals surface area contributed by atoms with Gasteiger partial charge in [0.15, 0.2) is 0 Å². The van der Waals surface area contributed by atoms with Crippen molar-refractivity contribution in [2.45, 2.75) is 26.7 Å². The molecular weight excluding hydrogens is 252 g/mol. The molecule has 1 rings (SSSR count). The highest BCUT2D eigenvalue weighted by atomic mass is 16.2. The molecule has 0 aliphatic carbocycles. The van der Waals surface area contributed by atoms with Crippen LogP contribution in [0.15, 0.2) is 11.8 Å². The van der Waals surface area contributed by atoms with E-state index in [9.17, 15) is 10.1 Å². The zero-order valence-corrected chi connectivity index (χ0v) is 12.9. The van der Waals surface area contributed by atoms with Crippen LogP contribution in [0.3, 0.4) is 0 Å². The van der Waals surface area contributed by atoms with Gasteiger partial charge in [-0.05, 0) is 19.9 Å². The van der Waals surface area contributed by atoms with Crippen molar-refractivity contribution in [2.24, 2.45) is 0 Å². The second-order valence-corrected chi connectivity index (χ2v) is 5.29. The predicted molar refractivity (Wildman–Crippen MR) is 79.9 cm³/mol. The standard InChI is InChI=1S/C15H26N4O/c1-4-6-18(7-5-2)13-14(12-16)15(20)19-10-8-17(3)9-11-19/h13H,4-11H2,1-3H3/b14-13-. The first kappa shape index (κ1) is 16.5. The zero-order chi connectivity index (χ0) is 15.0. The molecule has 1 fully saturated rings. The van der Waals surface area contributed by atoms with Gasteiger partial charge in [0.1, 0.15) is 11.6 Å².